The van der Waals surface area contributed by atoms with Crippen LogP contribution in [0.25, 0.3) is 11.1 Å². The topological polar surface area (TPSA) is 146 Å². The number of carbonyl (C=O) groups is 5. The zero-order chi connectivity index (χ0) is 32.9. The molecule has 46 heavy (non-hydrogen) atoms. The number of aliphatic hydroxyl groups is 1. The minimum atomic E-state index is -1.22. The molecule has 4 rings (SSSR count). The number of fused-ring (bicyclic) bond motifs is 3. The molecule has 0 radical (unpaired) electrons. The molecule has 11 nitrogen and oxygen atoms in total. The van der Waals surface area contributed by atoms with Crippen LogP contribution in [0.5, 0.6) is 0 Å². The first kappa shape index (κ1) is 34.9. The monoisotopic (exact) mass is 637 g/mol. The summed E-state index contributed by atoms with van der Waals surface area (Å²) in [6.45, 7) is 4.04. The summed E-state index contributed by atoms with van der Waals surface area (Å²) < 4.78 is 16.5. The van der Waals surface area contributed by atoms with E-state index in [9.17, 15) is 24.0 Å². The van der Waals surface area contributed by atoms with Gasteiger partial charge in [-0.3, -0.25) is 24.0 Å². The van der Waals surface area contributed by atoms with E-state index in [2.05, 4.69) is 6.92 Å². The molecule has 2 aliphatic rings. The van der Waals surface area contributed by atoms with Gasteiger partial charge >= 0.3 is 6.16 Å². The molecule has 0 bridgehead atoms. The minimum Gasteiger partial charge on any atom is -0.428 e. The second-order valence-corrected chi connectivity index (χ2v) is 11.4. The third-order valence-electron chi connectivity index (χ3n) is 8.05. The number of nitrogens with zero attached hydrogens (tertiary/aromatic N) is 1. The normalized spacial score (nSPS) is 13.6. The lowest BCUT2D eigenvalue weighted by atomic mass is 9.93. The lowest BCUT2D eigenvalue weighted by Gasteiger charge is -2.16. The van der Waals surface area contributed by atoms with Crippen LogP contribution in [0.1, 0.15) is 109 Å². The van der Waals surface area contributed by atoms with Crippen LogP contribution >= 0.6 is 0 Å². The predicted molar refractivity (Wildman–Crippen MR) is 167 cm³/mol. The van der Waals surface area contributed by atoms with Crippen molar-refractivity contribution in [1.29, 1.82) is 0 Å². The van der Waals surface area contributed by atoms with Crippen LogP contribution in [-0.4, -0.2) is 72.7 Å². The lowest BCUT2D eigenvalue weighted by molar-refractivity contribution is -0.177. The van der Waals surface area contributed by atoms with E-state index in [0.29, 0.717) is 80.3 Å². The maximum atomic E-state index is 13.4. The Hall–Kier alpha value is -3.93. The summed E-state index contributed by atoms with van der Waals surface area (Å²) in [4.78, 5) is 67.5. The number of benzene rings is 2. The molecule has 1 fully saturated rings. The van der Waals surface area contributed by atoms with Gasteiger partial charge in [0.05, 0.1) is 0 Å². The molecule has 0 atom stereocenters. The van der Waals surface area contributed by atoms with Gasteiger partial charge in [-0.15, -0.1) is 0 Å². The lowest BCUT2D eigenvalue weighted by Crippen LogP contribution is -2.32. The van der Waals surface area contributed by atoms with Gasteiger partial charge in [0.1, 0.15) is 6.61 Å². The van der Waals surface area contributed by atoms with E-state index in [1.54, 1.807) is 6.07 Å². The molecule has 1 aliphatic carbocycles. The number of aliphatic hydroxyl groups excluding tert-OH is 1. The Kier molecular flexibility index (Phi) is 13.4. The molecule has 0 spiro atoms. The van der Waals surface area contributed by atoms with Crippen LogP contribution in [0, 0.1) is 0 Å². The highest BCUT2D eigenvalue weighted by molar-refractivity contribution is 6.02. The highest BCUT2D eigenvalue weighted by Crippen LogP contribution is 2.40. The number of hydroxylamine groups is 2. The van der Waals surface area contributed by atoms with E-state index >= 15 is 0 Å². The van der Waals surface area contributed by atoms with Crippen LogP contribution < -0.4 is 0 Å². The number of ketones is 2. The van der Waals surface area contributed by atoms with Gasteiger partial charge in [-0.2, -0.15) is 0 Å². The third kappa shape index (κ3) is 9.31. The molecule has 248 valence electrons. The van der Waals surface area contributed by atoms with Gasteiger partial charge in [-0.25, -0.2) is 4.79 Å². The Morgan fingerprint density at radius 2 is 1.46 bits per heavy atom. The summed E-state index contributed by atoms with van der Waals surface area (Å²) in [5, 5.41) is 9.31. The molecule has 2 aromatic rings. The number of Topliss-reactive ketones (excluding diaryl/α,β-unsaturated/α-hetero) is 2. The van der Waals surface area contributed by atoms with Gasteiger partial charge in [0, 0.05) is 75.4 Å². The second kappa shape index (κ2) is 17.7. The van der Waals surface area contributed by atoms with Crippen molar-refractivity contribution in [3.05, 3.63) is 58.1 Å². The highest BCUT2D eigenvalue weighted by Gasteiger charge is 2.34. The third-order valence-corrected chi connectivity index (χ3v) is 8.05. The molecular weight excluding hydrogens is 594 g/mol. The highest BCUT2D eigenvalue weighted by atomic mass is 16.8. The molecule has 0 aromatic heterocycles. The van der Waals surface area contributed by atoms with Gasteiger partial charge in [0.2, 0.25) is 0 Å². The van der Waals surface area contributed by atoms with Crippen molar-refractivity contribution in [3.8, 4) is 11.1 Å². The number of amides is 2. The Bertz CT molecular complexity index is 1400. The van der Waals surface area contributed by atoms with Crippen molar-refractivity contribution in [2.24, 2.45) is 0 Å². The van der Waals surface area contributed by atoms with Crippen LogP contribution in [0.4, 0.5) is 4.79 Å². The van der Waals surface area contributed by atoms with Crippen LogP contribution in [-0.2, 0) is 41.7 Å². The average Bonchev–Trinajstić information content (AvgIpc) is 3.58. The fourth-order valence-corrected chi connectivity index (χ4v) is 5.54. The zero-order valence-electron chi connectivity index (χ0n) is 26.5. The molecule has 0 saturated carbocycles. The van der Waals surface area contributed by atoms with Gasteiger partial charge < -0.3 is 19.3 Å². The fraction of sp³-hybridized carbons (Fsp3) is 0.514. The Labute approximate surface area is 269 Å². The number of carbonyl (C=O) groups excluding carboxylic acids is 5. The largest absolute Gasteiger partial charge is 0.534 e. The summed E-state index contributed by atoms with van der Waals surface area (Å²) in [6, 6.07) is 9.19. The van der Waals surface area contributed by atoms with Gasteiger partial charge in [-0.05, 0) is 66.8 Å². The Balaban J connectivity index is 1.47. The van der Waals surface area contributed by atoms with Crippen LogP contribution in [0.2, 0.25) is 0 Å². The van der Waals surface area contributed by atoms with Gasteiger partial charge in [0.15, 0.2) is 11.6 Å². The van der Waals surface area contributed by atoms with E-state index in [0.717, 1.165) is 41.5 Å². The summed E-state index contributed by atoms with van der Waals surface area (Å²) in [5.74, 6) is -1.36. The SMILES string of the molecule is CCCCOCCCC(=O)c1ccc2c(c1)Cc1c-2ccc(C(=O)CCCOCCCCO)c1COC(=O)ON1C(=O)CCC1=O. The molecular formula is C35H43NO10. The number of imide groups is 1. The maximum absolute atomic E-state index is 13.4. The van der Waals surface area contributed by atoms with Crippen molar-refractivity contribution in [2.45, 2.75) is 84.2 Å². The molecule has 1 N–H and O–H groups in total. The van der Waals surface area contributed by atoms with E-state index < -0.39 is 18.0 Å². The molecule has 1 aliphatic heterocycles. The fourth-order valence-electron chi connectivity index (χ4n) is 5.54. The molecule has 2 aromatic carbocycles. The smallest absolute Gasteiger partial charge is 0.428 e. The zero-order valence-corrected chi connectivity index (χ0v) is 26.5. The molecule has 2 amide bonds. The average molecular weight is 638 g/mol. The maximum Gasteiger partial charge on any atom is 0.534 e. The number of unbranched alkanes of at least 4 members (excludes halogenated alkanes) is 2. The Morgan fingerprint density at radius 1 is 0.804 bits per heavy atom. The molecule has 11 heteroatoms. The number of hydrogen-bond donors (Lipinski definition) is 1. The van der Waals surface area contributed by atoms with Crippen molar-refractivity contribution >= 4 is 29.5 Å². The summed E-state index contributed by atoms with van der Waals surface area (Å²) in [5.41, 5.74) is 5.05. The number of ether oxygens (including phenoxy) is 3. The van der Waals surface area contributed by atoms with Crippen LogP contribution in [0.15, 0.2) is 30.3 Å². The molecule has 0 unspecified atom stereocenters. The predicted octanol–water partition coefficient (Wildman–Crippen LogP) is 5.51. The summed E-state index contributed by atoms with van der Waals surface area (Å²) in [7, 11) is 0. The van der Waals surface area contributed by atoms with Crippen LogP contribution in [0.3, 0.4) is 0 Å². The van der Waals surface area contributed by atoms with Gasteiger partial charge in [0.25, 0.3) is 11.8 Å². The first-order chi connectivity index (χ1) is 22.3. The standard InChI is InChI=1S/C35H43NO10/c1-2-3-17-43-19-6-8-31(38)24-10-11-26-25(21-24)22-29-27(26)12-13-28(32(39)9-7-20-44-18-5-4-16-37)30(29)23-45-35(42)46-36-33(40)14-15-34(36)41/h10-13,21,37H,2-9,14-20,22-23H2,1H3. The summed E-state index contributed by atoms with van der Waals surface area (Å²) >= 11 is 0. The van der Waals surface area contributed by atoms with Gasteiger partial charge in [-0.1, -0.05) is 42.7 Å². The van der Waals surface area contributed by atoms with Crippen molar-refractivity contribution in [2.75, 3.05) is 33.0 Å². The molecule has 1 saturated heterocycles. The van der Waals surface area contributed by atoms with E-state index in [-0.39, 0.29) is 44.0 Å². The Morgan fingerprint density at radius 3 is 2.15 bits per heavy atom. The summed E-state index contributed by atoms with van der Waals surface area (Å²) in [6.07, 6.45) is 4.30. The van der Waals surface area contributed by atoms with E-state index in [1.807, 2.05) is 24.3 Å². The second-order valence-electron chi connectivity index (χ2n) is 11.4. The van der Waals surface area contributed by atoms with Crippen molar-refractivity contribution in [1.82, 2.24) is 5.06 Å². The minimum absolute atomic E-state index is 0.0320. The number of rotatable bonds is 20. The van der Waals surface area contributed by atoms with E-state index in [4.69, 9.17) is 24.2 Å². The number of hydrogen-bond acceptors (Lipinski definition) is 10. The molecule has 1 heterocycles. The first-order valence-corrected chi connectivity index (χ1v) is 16.1. The van der Waals surface area contributed by atoms with Crippen molar-refractivity contribution in [3.63, 3.8) is 0 Å². The van der Waals surface area contributed by atoms with E-state index in [1.165, 1.54) is 0 Å². The van der Waals surface area contributed by atoms with Crippen molar-refractivity contribution < 1.29 is 48.1 Å². The first-order valence-electron chi connectivity index (χ1n) is 16.1. The quantitative estimate of drug-likeness (QED) is 0.0729.